The normalized spacial score (nSPS) is 17.4. The predicted octanol–water partition coefficient (Wildman–Crippen LogP) is 3.51. The van der Waals surface area contributed by atoms with Crippen LogP contribution in [-0.2, 0) is 0 Å². The van der Waals surface area contributed by atoms with Crippen molar-refractivity contribution >= 4 is 5.91 Å². The van der Waals surface area contributed by atoms with Gasteiger partial charge >= 0.3 is 0 Å². The van der Waals surface area contributed by atoms with E-state index in [1.807, 2.05) is 0 Å². The van der Waals surface area contributed by atoms with Gasteiger partial charge in [-0.25, -0.2) is 8.78 Å². The third-order valence-electron chi connectivity index (χ3n) is 4.61. The Hall–Kier alpha value is -2.47. The van der Waals surface area contributed by atoms with E-state index in [0.717, 1.165) is 32.4 Å². The molecule has 26 heavy (non-hydrogen) atoms. The lowest BCUT2D eigenvalue weighted by atomic mass is 10.0. The van der Waals surface area contributed by atoms with Crippen molar-refractivity contribution in [2.45, 2.75) is 25.3 Å². The van der Waals surface area contributed by atoms with Crippen molar-refractivity contribution in [2.24, 2.45) is 0 Å². The molecule has 1 heterocycles. The van der Waals surface area contributed by atoms with E-state index in [1.54, 1.807) is 12.1 Å². The number of amides is 1. The van der Waals surface area contributed by atoms with E-state index in [0.29, 0.717) is 11.3 Å². The number of hydrogen-bond acceptors (Lipinski definition) is 3. The average Bonchev–Trinajstić information content (AvgIpc) is 2.90. The summed E-state index contributed by atoms with van der Waals surface area (Å²) in [5.74, 6) is -1.22. The summed E-state index contributed by atoms with van der Waals surface area (Å²) in [5, 5.41) is 6.16. The van der Waals surface area contributed by atoms with E-state index in [-0.39, 0.29) is 17.2 Å². The average molecular weight is 360 g/mol. The summed E-state index contributed by atoms with van der Waals surface area (Å²) in [6, 6.07) is 8.56. The summed E-state index contributed by atoms with van der Waals surface area (Å²) < 4.78 is 33.6. The molecule has 6 heteroatoms. The molecule has 0 radical (unpaired) electrons. The van der Waals surface area contributed by atoms with Crippen LogP contribution in [0.3, 0.4) is 0 Å². The van der Waals surface area contributed by atoms with Crippen molar-refractivity contribution in [1.29, 1.82) is 0 Å². The Morgan fingerprint density at radius 2 is 1.96 bits per heavy atom. The van der Waals surface area contributed by atoms with Crippen LogP contribution in [0.15, 0.2) is 36.4 Å². The minimum Gasteiger partial charge on any atom is -0.497 e. The molecule has 1 saturated heterocycles. The monoisotopic (exact) mass is 360 g/mol. The Labute approximate surface area is 151 Å². The summed E-state index contributed by atoms with van der Waals surface area (Å²) in [4.78, 5) is 12.4. The zero-order valence-electron chi connectivity index (χ0n) is 14.6. The second kappa shape index (κ2) is 8.27. The SMILES string of the molecule is COc1ccc(-c2ccc(C(=O)NC3CCCNCC3)c(F)c2)c(F)c1. The van der Waals surface area contributed by atoms with E-state index in [9.17, 15) is 13.6 Å². The van der Waals surface area contributed by atoms with Crippen molar-refractivity contribution in [3.8, 4) is 16.9 Å². The zero-order valence-corrected chi connectivity index (χ0v) is 14.6. The molecule has 1 unspecified atom stereocenters. The van der Waals surface area contributed by atoms with Crippen LogP contribution in [0.1, 0.15) is 29.6 Å². The van der Waals surface area contributed by atoms with Gasteiger partial charge in [-0.3, -0.25) is 4.79 Å². The largest absolute Gasteiger partial charge is 0.497 e. The highest BCUT2D eigenvalue weighted by atomic mass is 19.1. The first-order valence-electron chi connectivity index (χ1n) is 8.73. The molecule has 1 aliphatic rings. The topological polar surface area (TPSA) is 50.4 Å². The summed E-state index contributed by atoms with van der Waals surface area (Å²) in [7, 11) is 1.45. The van der Waals surface area contributed by atoms with Crippen LogP contribution in [-0.4, -0.2) is 32.1 Å². The Kier molecular flexibility index (Phi) is 5.83. The maximum Gasteiger partial charge on any atom is 0.254 e. The molecule has 3 rings (SSSR count). The van der Waals surface area contributed by atoms with Gasteiger partial charge in [0.25, 0.3) is 5.91 Å². The highest BCUT2D eigenvalue weighted by Crippen LogP contribution is 2.27. The molecule has 0 saturated carbocycles. The van der Waals surface area contributed by atoms with Gasteiger partial charge < -0.3 is 15.4 Å². The predicted molar refractivity (Wildman–Crippen MR) is 96.3 cm³/mol. The van der Waals surface area contributed by atoms with Gasteiger partial charge in [-0.1, -0.05) is 6.07 Å². The molecule has 0 aliphatic carbocycles. The standard InChI is InChI=1S/C20H22F2N2O2/c1-26-15-5-7-16(19(22)12-15)13-4-6-17(18(21)11-13)20(25)24-14-3-2-9-23-10-8-14/h4-7,11-12,14,23H,2-3,8-10H2,1H3,(H,24,25). The van der Waals surface area contributed by atoms with Gasteiger partial charge in [-0.15, -0.1) is 0 Å². The fraction of sp³-hybridized carbons (Fsp3) is 0.350. The van der Waals surface area contributed by atoms with Crippen LogP contribution in [0.4, 0.5) is 8.78 Å². The molecule has 0 aromatic heterocycles. The van der Waals surface area contributed by atoms with Crippen LogP contribution >= 0.6 is 0 Å². The molecule has 2 N–H and O–H groups in total. The lowest BCUT2D eigenvalue weighted by Gasteiger charge is -2.16. The van der Waals surface area contributed by atoms with Gasteiger partial charge in [0.15, 0.2) is 0 Å². The van der Waals surface area contributed by atoms with Crippen LogP contribution in [0, 0.1) is 11.6 Å². The molecule has 0 bridgehead atoms. The Balaban J connectivity index is 1.77. The first-order chi connectivity index (χ1) is 12.6. The maximum absolute atomic E-state index is 14.5. The van der Waals surface area contributed by atoms with E-state index < -0.39 is 17.5 Å². The Morgan fingerprint density at radius 1 is 1.12 bits per heavy atom. The van der Waals surface area contributed by atoms with Crippen molar-refractivity contribution in [1.82, 2.24) is 10.6 Å². The number of nitrogens with one attached hydrogen (secondary N) is 2. The number of halogens is 2. The highest BCUT2D eigenvalue weighted by Gasteiger charge is 2.19. The van der Waals surface area contributed by atoms with Crippen molar-refractivity contribution in [3.63, 3.8) is 0 Å². The third-order valence-corrected chi connectivity index (χ3v) is 4.61. The molecular formula is C20H22F2N2O2. The van der Waals surface area contributed by atoms with Crippen molar-refractivity contribution < 1.29 is 18.3 Å². The number of rotatable bonds is 4. The minimum absolute atomic E-state index is 0.0279. The first kappa shape index (κ1) is 18.3. The maximum atomic E-state index is 14.5. The van der Waals surface area contributed by atoms with Crippen molar-refractivity contribution in [3.05, 3.63) is 53.6 Å². The molecule has 1 fully saturated rings. The number of methoxy groups -OCH3 is 1. The molecule has 1 atom stereocenters. The van der Waals surface area contributed by atoms with Gasteiger partial charge in [0.1, 0.15) is 17.4 Å². The second-order valence-electron chi connectivity index (χ2n) is 6.39. The van der Waals surface area contributed by atoms with Crippen molar-refractivity contribution in [2.75, 3.05) is 20.2 Å². The number of hydrogen-bond donors (Lipinski definition) is 2. The van der Waals surface area contributed by atoms with Crippen LogP contribution in [0.2, 0.25) is 0 Å². The lowest BCUT2D eigenvalue weighted by Crippen LogP contribution is -2.35. The third kappa shape index (κ3) is 4.19. The van der Waals surface area contributed by atoms with Crippen LogP contribution in [0.25, 0.3) is 11.1 Å². The van der Waals surface area contributed by atoms with Gasteiger partial charge in [-0.2, -0.15) is 0 Å². The van der Waals surface area contributed by atoms with Gasteiger partial charge in [0, 0.05) is 17.7 Å². The first-order valence-corrected chi connectivity index (χ1v) is 8.73. The molecule has 0 spiro atoms. The van der Waals surface area contributed by atoms with E-state index in [4.69, 9.17) is 4.74 Å². The van der Waals surface area contributed by atoms with E-state index in [1.165, 1.54) is 31.4 Å². The zero-order chi connectivity index (χ0) is 18.5. The summed E-state index contributed by atoms with van der Waals surface area (Å²) >= 11 is 0. The van der Waals surface area contributed by atoms with E-state index >= 15 is 0 Å². The smallest absolute Gasteiger partial charge is 0.254 e. The summed E-state index contributed by atoms with van der Waals surface area (Å²) in [6.45, 7) is 1.77. The van der Waals surface area contributed by atoms with Gasteiger partial charge in [0.2, 0.25) is 0 Å². The molecule has 2 aromatic rings. The fourth-order valence-electron chi connectivity index (χ4n) is 3.15. The molecule has 2 aromatic carbocycles. The number of ether oxygens (including phenoxy) is 1. The van der Waals surface area contributed by atoms with Gasteiger partial charge in [0.05, 0.1) is 12.7 Å². The van der Waals surface area contributed by atoms with Crippen LogP contribution < -0.4 is 15.4 Å². The quantitative estimate of drug-likeness (QED) is 0.877. The van der Waals surface area contributed by atoms with E-state index in [2.05, 4.69) is 10.6 Å². The Morgan fingerprint density at radius 3 is 2.69 bits per heavy atom. The second-order valence-corrected chi connectivity index (χ2v) is 6.39. The lowest BCUT2D eigenvalue weighted by molar-refractivity contribution is 0.0930. The minimum atomic E-state index is -0.665. The number of carbonyl (C=O) groups is 1. The number of benzene rings is 2. The van der Waals surface area contributed by atoms with Gasteiger partial charge in [-0.05, 0) is 62.2 Å². The molecule has 138 valence electrons. The number of carbonyl (C=O) groups excluding carboxylic acids is 1. The van der Waals surface area contributed by atoms with Crippen LogP contribution in [0.5, 0.6) is 5.75 Å². The molecule has 1 amide bonds. The molecule has 1 aliphatic heterocycles. The molecular weight excluding hydrogens is 338 g/mol. The summed E-state index contributed by atoms with van der Waals surface area (Å²) in [6.07, 6.45) is 2.67. The fourth-order valence-corrected chi connectivity index (χ4v) is 3.15. The molecule has 4 nitrogen and oxygen atoms in total. The Bertz CT molecular complexity index is 787. The summed E-state index contributed by atoms with van der Waals surface area (Å²) in [5.41, 5.74) is 0.601. The highest BCUT2D eigenvalue weighted by molar-refractivity contribution is 5.95.